The van der Waals surface area contributed by atoms with Crippen molar-refractivity contribution in [2.45, 2.75) is 13.1 Å². The van der Waals surface area contributed by atoms with Crippen LogP contribution in [0.5, 0.6) is 0 Å². The monoisotopic (exact) mass is 276 g/mol. The third kappa shape index (κ3) is 2.05. The van der Waals surface area contributed by atoms with E-state index in [1.807, 2.05) is 6.07 Å². The maximum absolute atomic E-state index is 5.98. The number of thiophene rings is 1. The zero-order valence-corrected chi connectivity index (χ0v) is 11.3. The van der Waals surface area contributed by atoms with E-state index < -0.39 is 0 Å². The summed E-state index contributed by atoms with van der Waals surface area (Å²) in [5, 5.41) is 1.24. The van der Waals surface area contributed by atoms with Crippen LogP contribution in [-0.2, 0) is 13.1 Å². The maximum atomic E-state index is 5.98. The van der Waals surface area contributed by atoms with Crippen LogP contribution >= 0.6 is 22.9 Å². The highest BCUT2D eigenvalue weighted by molar-refractivity contribution is 7.16. The molecule has 2 heterocycles. The summed E-state index contributed by atoms with van der Waals surface area (Å²) in [7, 11) is 0. The molecular formula is C14H13ClN2S. The second-order valence-electron chi connectivity index (χ2n) is 4.19. The Kier molecular flexibility index (Phi) is 3.12. The minimum absolute atomic E-state index is 0.549. The van der Waals surface area contributed by atoms with Crippen molar-refractivity contribution >= 4 is 33.8 Å². The van der Waals surface area contributed by atoms with Gasteiger partial charge < -0.3 is 10.3 Å². The third-order valence-electron chi connectivity index (χ3n) is 3.05. The lowest BCUT2D eigenvalue weighted by atomic mass is 10.2. The van der Waals surface area contributed by atoms with Gasteiger partial charge in [-0.25, -0.2) is 0 Å². The number of aromatic nitrogens is 1. The van der Waals surface area contributed by atoms with Gasteiger partial charge in [-0.15, -0.1) is 11.3 Å². The number of halogens is 1. The first-order valence-electron chi connectivity index (χ1n) is 5.79. The Morgan fingerprint density at radius 2 is 2.00 bits per heavy atom. The van der Waals surface area contributed by atoms with Crippen LogP contribution in [0.25, 0.3) is 10.9 Å². The van der Waals surface area contributed by atoms with Gasteiger partial charge in [0.15, 0.2) is 0 Å². The number of hydrogen-bond acceptors (Lipinski definition) is 2. The Morgan fingerprint density at radius 1 is 1.17 bits per heavy atom. The predicted molar refractivity (Wildman–Crippen MR) is 78.3 cm³/mol. The zero-order valence-electron chi connectivity index (χ0n) is 9.77. The Balaban J connectivity index is 2.09. The average molecular weight is 277 g/mol. The summed E-state index contributed by atoms with van der Waals surface area (Å²) in [6.45, 7) is 1.38. The molecule has 0 unspecified atom stereocenters. The summed E-state index contributed by atoms with van der Waals surface area (Å²) >= 11 is 7.59. The minimum atomic E-state index is 0.549. The summed E-state index contributed by atoms with van der Waals surface area (Å²) in [6, 6.07) is 14.5. The summed E-state index contributed by atoms with van der Waals surface area (Å²) in [6.07, 6.45) is 0. The van der Waals surface area contributed by atoms with E-state index in [2.05, 4.69) is 41.0 Å². The molecule has 0 aliphatic rings. The van der Waals surface area contributed by atoms with E-state index in [-0.39, 0.29) is 0 Å². The zero-order chi connectivity index (χ0) is 12.5. The summed E-state index contributed by atoms with van der Waals surface area (Å²) in [5.74, 6) is 0. The summed E-state index contributed by atoms with van der Waals surface area (Å²) in [5.41, 5.74) is 8.21. The molecule has 0 radical (unpaired) electrons. The van der Waals surface area contributed by atoms with Crippen molar-refractivity contribution in [2.24, 2.45) is 5.73 Å². The van der Waals surface area contributed by atoms with E-state index in [4.69, 9.17) is 17.3 Å². The number of para-hydroxylation sites is 1. The lowest BCUT2D eigenvalue weighted by molar-refractivity contribution is 0.777. The smallest absolute Gasteiger partial charge is 0.0931 e. The minimum Gasteiger partial charge on any atom is -0.338 e. The van der Waals surface area contributed by atoms with Crippen LogP contribution in [0, 0.1) is 0 Å². The van der Waals surface area contributed by atoms with Crippen molar-refractivity contribution in [3.63, 3.8) is 0 Å². The molecule has 3 rings (SSSR count). The van der Waals surface area contributed by atoms with Crippen molar-refractivity contribution < 1.29 is 0 Å². The largest absolute Gasteiger partial charge is 0.338 e. The normalized spacial score (nSPS) is 11.2. The molecule has 4 heteroatoms. The number of rotatable bonds is 3. The van der Waals surface area contributed by atoms with Crippen molar-refractivity contribution in [1.29, 1.82) is 0 Å². The molecule has 0 atom stereocenters. The van der Waals surface area contributed by atoms with E-state index in [0.29, 0.717) is 6.54 Å². The van der Waals surface area contributed by atoms with Crippen LogP contribution in [0.3, 0.4) is 0 Å². The molecule has 0 aliphatic carbocycles. The fourth-order valence-electron chi connectivity index (χ4n) is 2.22. The van der Waals surface area contributed by atoms with Gasteiger partial charge in [-0.05, 0) is 29.7 Å². The van der Waals surface area contributed by atoms with Gasteiger partial charge in [-0.1, -0.05) is 29.8 Å². The quantitative estimate of drug-likeness (QED) is 0.774. The van der Waals surface area contributed by atoms with Gasteiger partial charge in [0, 0.05) is 22.6 Å². The van der Waals surface area contributed by atoms with Gasteiger partial charge in [-0.3, -0.25) is 0 Å². The van der Waals surface area contributed by atoms with Gasteiger partial charge in [0.25, 0.3) is 0 Å². The average Bonchev–Trinajstić information content (AvgIpc) is 2.94. The van der Waals surface area contributed by atoms with Crippen LogP contribution in [0.4, 0.5) is 0 Å². The molecular weight excluding hydrogens is 264 g/mol. The molecule has 0 bridgehead atoms. The molecule has 0 saturated heterocycles. The Morgan fingerprint density at radius 3 is 2.72 bits per heavy atom. The Labute approximate surface area is 115 Å². The highest BCUT2D eigenvalue weighted by Gasteiger charge is 2.08. The highest BCUT2D eigenvalue weighted by Crippen LogP contribution is 2.26. The molecule has 1 aromatic carbocycles. The highest BCUT2D eigenvalue weighted by atomic mass is 35.5. The second-order valence-corrected chi connectivity index (χ2v) is 5.99. The fraction of sp³-hybridized carbons (Fsp3) is 0.143. The van der Waals surface area contributed by atoms with Crippen LogP contribution in [0.15, 0.2) is 42.5 Å². The first kappa shape index (κ1) is 11.8. The fourth-order valence-corrected chi connectivity index (χ4v) is 3.29. The van der Waals surface area contributed by atoms with Gasteiger partial charge in [0.05, 0.1) is 10.9 Å². The van der Waals surface area contributed by atoms with Gasteiger partial charge in [0.2, 0.25) is 0 Å². The molecule has 18 heavy (non-hydrogen) atoms. The molecule has 0 amide bonds. The first-order valence-corrected chi connectivity index (χ1v) is 6.99. The third-order valence-corrected chi connectivity index (χ3v) is 4.26. The Hall–Kier alpha value is -1.29. The number of nitrogens with zero attached hydrogens (tertiary/aromatic N) is 1. The molecule has 0 spiro atoms. The van der Waals surface area contributed by atoms with E-state index >= 15 is 0 Å². The molecule has 0 aliphatic heterocycles. The number of fused-ring (bicyclic) bond motifs is 1. The molecule has 2 nitrogen and oxygen atoms in total. The van der Waals surface area contributed by atoms with E-state index in [9.17, 15) is 0 Å². The SMILES string of the molecule is NCc1cc2ccccc2n1Cc1ccc(Cl)s1. The van der Waals surface area contributed by atoms with E-state index in [1.54, 1.807) is 11.3 Å². The van der Waals surface area contributed by atoms with Crippen LogP contribution in [0.2, 0.25) is 4.34 Å². The topological polar surface area (TPSA) is 30.9 Å². The van der Waals surface area contributed by atoms with Gasteiger partial charge in [-0.2, -0.15) is 0 Å². The number of hydrogen-bond donors (Lipinski definition) is 1. The van der Waals surface area contributed by atoms with Crippen LogP contribution in [0.1, 0.15) is 10.6 Å². The predicted octanol–water partition coefficient (Wildman–Crippen LogP) is 3.86. The number of nitrogens with two attached hydrogens (primary N) is 1. The van der Waals surface area contributed by atoms with Crippen LogP contribution in [-0.4, -0.2) is 4.57 Å². The van der Waals surface area contributed by atoms with Crippen molar-refractivity contribution in [1.82, 2.24) is 4.57 Å². The molecule has 92 valence electrons. The van der Waals surface area contributed by atoms with E-state index in [1.165, 1.54) is 15.8 Å². The van der Waals surface area contributed by atoms with Crippen molar-refractivity contribution in [3.05, 3.63) is 57.4 Å². The number of benzene rings is 1. The van der Waals surface area contributed by atoms with Gasteiger partial charge in [0.1, 0.15) is 0 Å². The molecule has 2 aromatic heterocycles. The Bertz CT molecular complexity index is 684. The first-order chi connectivity index (χ1) is 8.78. The summed E-state index contributed by atoms with van der Waals surface area (Å²) in [4.78, 5) is 1.25. The maximum Gasteiger partial charge on any atom is 0.0931 e. The van der Waals surface area contributed by atoms with Crippen LogP contribution < -0.4 is 5.73 Å². The van der Waals surface area contributed by atoms with Gasteiger partial charge >= 0.3 is 0 Å². The lowest BCUT2D eigenvalue weighted by Crippen LogP contribution is -2.07. The lowest BCUT2D eigenvalue weighted by Gasteiger charge is -2.07. The van der Waals surface area contributed by atoms with Crippen molar-refractivity contribution in [2.75, 3.05) is 0 Å². The summed E-state index contributed by atoms with van der Waals surface area (Å²) < 4.78 is 3.09. The molecule has 0 saturated carbocycles. The van der Waals surface area contributed by atoms with Crippen molar-refractivity contribution in [3.8, 4) is 0 Å². The molecule has 0 fully saturated rings. The standard InChI is InChI=1S/C14H13ClN2S/c15-14-6-5-12(18-14)9-17-11(8-16)7-10-3-1-2-4-13(10)17/h1-7H,8-9,16H2. The second kappa shape index (κ2) is 4.76. The molecule has 2 N–H and O–H groups in total. The molecule has 3 aromatic rings. The van der Waals surface area contributed by atoms with E-state index in [0.717, 1.165) is 16.6 Å².